The van der Waals surface area contributed by atoms with E-state index in [2.05, 4.69) is 15.0 Å². The molecule has 1 atom stereocenters. The molecule has 3 rings (SSSR count). The highest BCUT2D eigenvalue weighted by molar-refractivity contribution is 5.70. The number of rotatable bonds is 9. The topological polar surface area (TPSA) is 68.5 Å². The van der Waals surface area contributed by atoms with Crippen molar-refractivity contribution in [1.82, 2.24) is 15.0 Å². The molecule has 1 saturated heterocycles. The van der Waals surface area contributed by atoms with Gasteiger partial charge in [0, 0.05) is 5.92 Å². The van der Waals surface area contributed by atoms with Gasteiger partial charge in [-0.15, -0.1) is 0 Å². The first-order chi connectivity index (χ1) is 13.9. The van der Waals surface area contributed by atoms with Crippen LogP contribution in [0.5, 0.6) is 0 Å². The molecule has 164 valence electrons. The third-order valence-corrected chi connectivity index (χ3v) is 6.12. The van der Waals surface area contributed by atoms with Crippen LogP contribution in [0.1, 0.15) is 109 Å². The number of hydrogen-bond donors (Lipinski definition) is 0. The van der Waals surface area contributed by atoms with Crippen LogP contribution in [0, 0.1) is 5.92 Å². The molecule has 0 bridgehead atoms. The molecule has 0 amide bonds. The highest BCUT2D eigenvalue weighted by Crippen LogP contribution is 2.31. The largest absolute Gasteiger partial charge is 0.460 e. The van der Waals surface area contributed by atoms with Crippen molar-refractivity contribution in [2.75, 3.05) is 13.1 Å². The fraction of sp³-hybridized carbons (Fsp3) is 0.870. The Kier molecular flexibility index (Phi) is 8.10. The van der Waals surface area contributed by atoms with Gasteiger partial charge in [-0.05, 0) is 59.0 Å². The van der Waals surface area contributed by atoms with Crippen LogP contribution in [0.2, 0.25) is 0 Å². The lowest BCUT2D eigenvalue weighted by molar-refractivity contribution is -0.155. The van der Waals surface area contributed by atoms with Gasteiger partial charge >= 0.3 is 5.97 Å². The summed E-state index contributed by atoms with van der Waals surface area (Å²) in [5.41, 5.74) is -0.473. The summed E-state index contributed by atoms with van der Waals surface area (Å²) in [6.45, 7) is 8.67. The molecular formula is C23H39N3O3. The van der Waals surface area contributed by atoms with Crippen LogP contribution < -0.4 is 0 Å². The zero-order valence-electron chi connectivity index (χ0n) is 18.6. The van der Waals surface area contributed by atoms with Gasteiger partial charge in [0.25, 0.3) is 0 Å². The van der Waals surface area contributed by atoms with Crippen LogP contribution in [-0.2, 0) is 16.1 Å². The van der Waals surface area contributed by atoms with Crippen LogP contribution >= 0.6 is 0 Å². The number of hydrogen-bond acceptors (Lipinski definition) is 6. The molecule has 1 unspecified atom stereocenters. The minimum absolute atomic E-state index is 0.0479. The third kappa shape index (κ3) is 7.72. The predicted molar refractivity (Wildman–Crippen MR) is 112 cm³/mol. The van der Waals surface area contributed by atoms with Crippen molar-refractivity contribution < 1.29 is 14.1 Å². The first kappa shape index (κ1) is 22.3. The van der Waals surface area contributed by atoms with Gasteiger partial charge in [0.05, 0.1) is 13.0 Å². The third-order valence-electron chi connectivity index (χ3n) is 6.12. The summed E-state index contributed by atoms with van der Waals surface area (Å²) in [4.78, 5) is 19.5. The Morgan fingerprint density at radius 2 is 1.90 bits per heavy atom. The molecule has 1 aromatic heterocycles. The van der Waals surface area contributed by atoms with E-state index in [0.29, 0.717) is 12.3 Å². The fourth-order valence-electron chi connectivity index (χ4n) is 4.66. The monoisotopic (exact) mass is 405 g/mol. The van der Waals surface area contributed by atoms with Crippen molar-refractivity contribution in [3.63, 3.8) is 0 Å². The van der Waals surface area contributed by atoms with E-state index in [1.807, 2.05) is 20.8 Å². The SMILES string of the molecule is CC(C)(C)OC(=O)CC(CCCC1CCCCC1)c1nc(CN2CCCC2)no1. The van der Waals surface area contributed by atoms with Gasteiger partial charge in [0.2, 0.25) is 5.89 Å². The molecule has 6 heteroatoms. The van der Waals surface area contributed by atoms with E-state index in [4.69, 9.17) is 9.26 Å². The Hall–Kier alpha value is -1.43. The van der Waals surface area contributed by atoms with Crippen LogP contribution in [0.15, 0.2) is 4.52 Å². The van der Waals surface area contributed by atoms with Crippen molar-refractivity contribution in [2.45, 2.75) is 109 Å². The van der Waals surface area contributed by atoms with E-state index in [9.17, 15) is 4.79 Å². The van der Waals surface area contributed by atoms with Crippen LogP contribution in [0.3, 0.4) is 0 Å². The Morgan fingerprint density at radius 3 is 2.59 bits per heavy atom. The van der Waals surface area contributed by atoms with Gasteiger partial charge in [-0.1, -0.05) is 50.1 Å². The first-order valence-electron chi connectivity index (χ1n) is 11.7. The van der Waals surface area contributed by atoms with Gasteiger partial charge in [-0.2, -0.15) is 4.98 Å². The molecule has 2 heterocycles. The van der Waals surface area contributed by atoms with Crippen molar-refractivity contribution in [3.8, 4) is 0 Å². The Bertz CT molecular complexity index is 626. The second-order valence-electron chi connectivity index (χ2n) is 9.95. The summed E-state index contributed by atoms with van der Waals surface area (Å²) in [6, 6.07) is 0. The van der Waals surface area contributed by atoms with Gasteiger partial charge < -0.3 is 9.26 Å². The van der Waals surface area contributed by atoms with Crippen molar-refractivity contribution in [2.24, 2.45) is 5.92 Å². The molecule has 0 N–H and O–H groups in total. The summed E-state index contributed by atoms with van der Waals surface area (Å²) in [6.07, 6.45) is 12.9. The summed E-state index contributed by atoms with van der Waals surface area (Å²) in [5.74, 6) is 1.96. The minimum atomic E-state index is -0.473. The molecule has 0 aromatic carbocycles. The summed E-state index contributed by atoms with van der Waals surface area (Å²) < 4.78 is 11.2. The lowest BCUT2D eigenvalue weighted by Gasteiger charge is -2.23. The zero-order valence-corrected chi connectivity index (χ0v) is 18.6. The molecule has 2 fully saturated rings. The molecule has 1 aromatic rings. The average molecular weight is 406 g/mol. The highest BCUT2D eigenvalue weighted by Gasteiger charge is 2.27. The fourth-order valence-corrected chi connectivity index (χ4v) is 4.66. The van der Waals surface area contributed by atoms with Crippen LogP contribution in [-0.4, -0.2) is 39.7 Å². The number of ether oxygens (including phenoxy) is 1. The number of esters is 1. The quantitative estimate of drug-likeness (QED) is 0.524. The highest BCUT2D eigenvalue weighted by atomic mass is 16.6. The Labute approximate surface area is 175 Å². The van der Waals surface area contributed by atoms with Crippen LogP contribution in [0.25, 0.3) is 0 Å². The van der Waals surface area contributed by atoms with Crippen molar-refractivity contribution in [3.05, 3.63) is 11.7 Å². The number of nitrogens with zero attached hydrogens (tertiary/aromatic N) is 3. The van der Waals surface area contributed by atoms with Gasteiger partial charge in [0.1, 0.15) is 5.60 Å². The van der Waals surface area contributed by atoms with E-state index in [-0.39, 0.29) is 11.9 Å². The second-order valence-corrected chi connectivity index (χ2v) is 9.95. The smallest absolute Gasteiger partial charge is 0.307 e. The van der Waals surface area contributed by atoms with E-state index in [0.717, 1.165) is 44.2 Å². The lowest BCUT2D eigenvalue weighted by Crippen LogP contribution is -2.25. The van der Waals surface area contributed by atoms with Crippen molar-refractivity contribution in [1.29, 1.82) is 0 Å². The maximum absolute atomic E-state index is 12.5. The predicted octanol–water partition coefficient (Wildman–Crippen LogP) is 5.23. The summed E-state index contributed by atoms with van der Waals surface area (Å²) in [5, 5.41) is 4.20. The van der Waals surface area contributed by atoms with Gasteiger partial charge in [-0.25, -0.2) is 0 Å². The Balaban J connectivity index is 1.58. The maximum Gasteiger partial charge on any atom is 0.307 e. The second kappa shape index (κ2) is 10.6. The first-order valence-corrected chi connectivity index (χ1v) is 11.7. The van der Waals surface area contributed by atoms with Crippen LogP contribution in [0.4, 0.5) is 0 Å². The summed E-state index contributed by atoms with van der Waals surface area (Å²) >= 11 is 0. The number of carbonyl (C=O) groups excluding carboxylic acids is 1. The van der Waals surface area contributed by atoms with Crippen molar-refractivity contribution >= 4 is 5.97 Å². The average Bonchev–Trinajstić information content (AvgIpc) is 3.33. The molecule has 2 aliphatic rings. The lowest BCUT2D eigenvalue weighted by atomic mass is 9.84. The molecule has 0 radical (unpaired) electrons. The van der Waals surface area contributed by atoms with Gasteiger partial charge in [-0.3, -0.25) is 9.69 Å². The zero-order chi connectivity index (χ0) is 20.7. The molecule has 1 aliphatic carbocycles. The normalized spacial score (nSPS) is 20.1. The number of carbonyl (C=O) groups is 1. The molecule has 1 aliphatic heterocycles. The standard InChI is InChI=1S/C23H39N3O3/c1-23(2,3)28-21(27)16-19(13-9-12-18-10-5-4-6-11-18)22-24-20(25-29-22)17-26-14-7-8-15-26/h18-19H,4-17H2,1-3H3. The number of likely N-dealkylation sites (tertiary alicyclic amines) is 1. The molecule has 1 saturated carbocycles. The molecular weight excluding hydrogens is 366 g/mol. The molecule has 29 heavy (non-hydrogen) atoms. The number of aromatic nitrogens is 2. The minimum Gasteiger partial charge on any atom is -0.460 e. The van der Waals surface area contributed by atoms with Gasteiger partial charge in [0.15, 0.2) is 5.82 Å². The Morgan fingerprint density at radius 1 is 1.17 bits per heavy atom. The summed E-state index contributed by atoms with van der Waals surface area (Å²) in [7, 11) is 0. The van der Waals surface area contributed by atoms with E-state index < -0.39 is 5.60 Å². The molecule has 0 spiro atoms. The van der Waals surface area contributed by atoms with E-state index >= 15 is 0 Å². The van der Waals surface area contributed by atoms with E-state index in [1.165, 1.54) is 51.4 Å². The maximum atomic E-state index is 12.5. The van der Waals surface area contributed by atoms with E-state index in [1.54, 1.807) is 0 Å². The molecule has 6 nitrogen and oxygen atoms in total.